The fourth-order valence-electron chi connectivity index (χ4n) is 3.02. The van der Waals surface area contributed by atoms with Crippen LogP contribution < -0.4 is 10.1 Å². The van der Waals surface area contributed by atoms with Crippen LogP contribution in [0.15, 0.2) is 51.5 Å². The Kier molecular flexibility index (Phi) is 5.40. The number of hydrogen-bond acceptors (Lipinski definition) is 8. The summed E-state index contributed by atoms with van der Waals surface area (Å²) < 4.78 is 21.3. The predicted molar refractivity (Wildman–Crippen MR) is 110 cm³/mol. The number of fused-ring (bicyclic) bond motifs is 1. The molecule has 0 saturated carbocycles. The Morgan fingerprint density at radius 2 is 1.90 bits per heavy atom. The first kappa shape index (κ1) is 20.1. The molecule has 1 amide bonds. The average molecular weight is 421 g/mol. The number of nitrogens with zero attached hydrogens (tertiary/aromatic N) is 2. The van der Waals surface area contributed by atoms with E-state index in [0.717, 1.165) is 5.39 Å². The Balaban J connectivity index is 1.57. The molecule has 3 heterocycles. The number of aryl methyl sites for hydroxylation is 2. The Labute approximate surface area is 176 Å². The number of benzene rings is 1. The van der Waals surface area contributed by atoms with Crippen molar-refractivity contribution in [2.75, 3.05) is 12.4 Å². The van der Waals surface area contributed by atoms with Crippen molar-refractivity contribution in [1.82, 2.24) is 10.1 Å². The molecule has 0 fully saturated rings. The highest BCUT2D eigenvalue weighted by Crippen LogP contribution is 2.31. The maximum Gasteiger partial charge on any atom is 0.339 e. The average Bonchev–Trinajstić information content (AvgIpc) is 3.36. The predicted octanol–water partition coefficient (Wildman–Crippen LogP) is 4.05. The van der Waals surface area contributed by atoms with E-state index >= 15 is 0 Å². The Morgan fingerprint density at radius 1 is 1.06 bits per heavy atom. The molecule has 31 heavy (non-hydrogen) atoms. The van der Waals surface area contributed by atoms with Gasteiger partial charge in [0, 0.05) is 17.8 Å². The van der Waals surface area contributed by atoms with Gasteiger partial charge in [-0.3, -0.25) is 4.79 Å². The molecule has 3 aromatic heterocycles. The molecule has 4 rings (SSSR count). The summed E-state index contributed by atoms with van der Waals surface area (Å²) in [6.07, 6.45) is 1.33. The molecule has 1 N–H and O–H groups in total. The molecule has 0 atom stereocenters. The Hall–Kier alpha value is -4.14. The zero-order chi connectivity index (χ0) is 22.0. The van der Waals surface area contributed by atoms with E-state index in [4.69, 9.17) is 13.7 Å². The molecule has 9 heteroatoms. The maximum atomic E-state index is 12.8. The van der Waals surface area contributed by atoms with Crippen molar-refractivity contribution in [3.05, 3.63) is 70.9 Å². The molecule has 0 unspecified atom stereocenters. The molecule has 0 spiro atoms. The summed E-state index contributed by atoms with van der Waals surface area (Å²) in [5, 5.41) is 7.35. The lowest BCUT2D eigenvalue weighted by Crippen LogP contribution is -2.13. The van der Waals surface area contributed by atoms with E-state index < -0.39 is 11.9 Å². The van der Waals surface area contributed by atoms with Gasteiger partial charge in [-0.05, 0) is 44.2 Å². The van der Waals surface area contributed by atoms with Gasteiger partial charge in [-0.25, -0.2) is 9.78 Å². The molecule has 0 aliphatic heterocycles. The zero-order valence-electron chi connectivity index (χ0n) is 17.1. The molecule has 0 bridgehead atoms. The van der Waals surface area contributed by atoms with Gasteiger partial charge in [0.25, 0.3) is 5.91 Å². The third-order valence-electron chi connectivity index (χ3n) is 4.46. The SMILES string of the molecule is COC(=O)c1ccc(NC(=O)c2cc(OCc3cc(C)on3)c3cc(C)oc3c2)nc1. The Morgan fingerprint density at radius 3 is 2.58 bits per heavy atom. The molecule has 9 nitrogen and oxygen atoms in total. The van der Waals surface area contributed by atoms with Crippen LogP contribution in [0, 0.1) is 13.8 Å². The van der Waals surface area contributed by atoms with E-state index in [9.17, 15) is 9.59 Å². The van der Waals surface area contributed by atoms with Gasteiger partial charge in [0.15, 0.2) is 0 Å². The van der Waals surface area contributed by atoms with Crippen molar-refractivity contribution in [3.63, 3.8) is 0 Å². The van der Waals surface area contributed by atoms with Crippen LogP contribution in [-0.4, -0.2) is 29.1 Å². The monoisotopic (exact) mass is 421 g/mol. The highest BCUT2D eigenvalue weighted by atomic mass is 16.5. The smallest absolute Gasteiger partial charge is 0.339 e. The minimum atomic E-state index is -0.506. The zero-order valence-corrected chi connectivity index (χ0v) is 17.1. The molecule has 0 aliphatic carbocycles. The molecule has 0 saturated heterocycles. The van der Waals surface area contributed by atoms with Gasteiger partial charge in [-0.2, -0.15) is 0 Å². The molecule has 1 aromatic carbocycles. The minimum Gasteiger partial charge on any atom is -0.486 e. The largest absolute Gasteiger partial charge is 0.486 e. The van der Waals surface area contributed by atoms with Crippen LogP contribution in [0.4, 0.5) is 5.82 Å². The number of ether oxygens (including phenoxy) is 2. The lowest BCUT2D eigenvalue weighted by atomic mass is 10.1. The number of esters is 1. The van der Waals surface area contributed by atoms with Crippen molar-refractivity contribution >= 4 is 28.7 Å². The summed E-state index contributed by atoms with van der Waals surface area (Å²) in [6.45, 7) is 3.79. The third-order valence-corrected chi connectivity index (χ3v) is 4.46. The molecular weight excluding hydrogens is 402 g/mol. The fourth-order valence-corrected chi connectivity index (χ4v) is 3.02. The number of carbonyl (C=O) groups excluding carboxylic acids is 2. The molecule has 158 valence electrons. The number of carbonyl (C=O) groups is 2. The quantitative estimate of drug-likeness (QED) is 0.464. The summed E-state index contributed by atoms with van der Waals surface area (Å²) in [5.41, 5.74) is 1.76. The normalized spacial score (nSPS) is 10.8. The van der Waals surface area contributed by atoms with E-state index in [-0.39, 0.29) is 18.0 Å². The summed E-state index contributed by atoms with van der Waals surface area (Å²) in [5.74, 6) is 1.23. The molecule has 4 aromatic rings. The van der Waals surface area contributed by atoms with Gasteiger partial charge in [0.05, 0.1) is 18.1 Å². The van der Waals surface area contributed by atoms with Crippen molar-refractivity contribution in [1.29, 1.82) is 0 Å². The van der Waals surface area contributed by atoms with E-state index in [2.05, 4.69) is 20.2 Å². The lowest BCUT2D eigenvalue weighted by molar-refractivity contribution is 0.0600. The summed E-state index contributed by atoms with van der Waals surface area (Å²) in [6, 6.07) is 9.91. The van der Waals surface area contributed by atoms with Crippen LogP contribution in [0.5, 0.6) is 5.75 Å². The van der Waals surface area contributed by atoms with Crippen molar-refractivity contribution in [2.45, 2.75) is 20.5 Å². The second-order valence-electron chi connectivity index (χ2n) is 6.84. The van der Waals surface area contributed by atoms with Crippen LogP contribution in [0.25, 0.3) is 11.0 Å². The van der Waals surface area contributed by atoms with Crippen molar-refractivity contribution in [3.8, 4) is 5.75 Å². The van der Waals surface area contributed by atoms with E-state index in [1.165, 1.54) is 25.4 Å². The van der Waals surface area contributed by atoms with Crippen LogP contribution in [-0.2, 0) is 11.3 Å². The number of aromatic nitrogens is 2. The van der Waals surface area contributed by atoms with Gasteiger partial charge in [-0.15, -0.1) is 0 Å². The fraction of sp³-hybridized carbons (Fsp3) is 0.182. The summed E-state index contributed by atoms with van der Waals surface area (Å²) >= 11 is 0. The summed E-state index contributed by atoms with van der Waals surface area (Å²) in [4.78, 5) is 28.4. The van der Waals surface area contributed by atoms with Gasteiger partial charge < -0.3 is 23.7 Å². The van der Waals surface area contributed by atoms with E-state index in [1.54, 1.807) is 25.1 Å². The van der Waals surface area contributed by atoms with Crippen LogP contribution in [0.3, 0.4) is 0 Å². The lowest BCUT2D eigenvalue weighted by Gasteiger charge is -2.09. The molecule has 0 aliphatic rings. The second kappa shape index (κ2) is 8.31. The number of nitrogens with one attached hydrogen (secondary N) is 1. The number of methoxy groups -OCH3 is 1. The van der Waals surface area contributed by atoms with Crippen molar-refractivity contribution < 1.29 is 28.0 Å². The highest BCUT2D eigenvalue weighted by Gasteiger charge is 2.16. The number of rotatable bonds is 6. The second-order valence-corrected chi connectivity index (χ2v) is 6.84. The van der Waals surface area contributed by atoms with Crippen LogP contribution in [0.1, 0.15) is 37.9 Å². The van der Waals surface area contributed by atoms with Crippen molar-refractivity contribution in [2.24, 2.45) is 0 Å². The van der Waals surface area contributed by atoms with Gasteiger partial charge >= 0.3 is 5.97 Å². The standard InChI is InChI=1S/C22H19N3O6/c1-12-7-17-18(29-11-16-6-13(2)31-25-16)8-15(9-19(17)30-12)21(26)24-20-5-4-14(10-23-20)22(27)28-3/h4-10H,11H2,1-3H3,(H,23,24,26). The highest BCUT2D eigenvalue weighted by molar-refractivity contribution is 6.06. The number of anilines is 1. The first-order valence-electron chi connectivity index (χ1n) is 9.38. The maximum absolute atomic E-state index is 12.8. The number of hydrogen-bond donors (Lipinski definition) is 1. The van der Waals surface area contributed by atoms with E-state index in [1.807, 2.05) is 13.0 Å². The first-order valence-corrected chi connectivity index (χ1v) is 9.38. The number of furan rings is 1. The van der Waals surface area contributed by atoms with Crippen LogP contribution >= 0.6 is 0 Å². The minimum absolute atomic E-state index is 0.179. The Bertz CT molecular complexity index is 1260. The third kappa shape index (κ3) is 4.40. The van der Waals surface area contributed by atoms with Gasteiger partial charge in [-0.1, -0.05) is 5.16 Å². The topological polar surface area (TPSA) is 117 Å². The number of pyridine rings is 1. The van der Waals surface area contributed by atoms with Gasteiger partial charge in [0.2, 0.25) is 0 Å². The van der Waals surface area contributed by atoms with E-state index in [0.29, 0.717) is 34.1 Å². The van der Waals surface area contributed by atoms with Crippen LogP contribution in [0.2, 0.25) is 0 Å². The van der Waals surface area contributed by atoms with Gasteiger partial charge in [0.1, 0.15) is 41.0 Å². The number of amides is 1. The first-order chi connectivity index (χ1) is 14.9. The molecule has 0 radical (unpaired) electrons. The molecular formula is C22H19N3O6. The summed E-state index contributed by atoms with van der Waals surface area (Å²) in [7, 11) is 1.29.